The summed E-state index contributed by atoms with van der Waals surface area (Å²) in [7, 11) is 0. The van der Waals surface area contributed by atoms with Gasteiger partial charge in [-0.05, 0) is 93.1 Å². The van der Waals surface area contributed by atoms with Gasteiger partial charge in [-0.1, -0.05) is 37.6 Å². The van der Waals surface area contributed by atoms with E-state index in [1.54, 1.807) is 18.2 Å². The van der Waals surface area contributed by atoms with Crippen molar-refractivity contribution in [3.63, 3.8) is 0 Å². The molecule has 0 unspecified atom stereocenters. The molecular formula is C33H42ClN5O5S. The van der Waals surface area contributed by atoms with Gasteiger partial charge < -0.3 is 26.4 Å². The maximum Gasteiger partial charge on any atom is 0.255 e. The third-order valence-electron chi connectivity index (χ3n) is 8.91. The maximum absolute atomic E-state index is 13.5. The van der Waals surface area contributed by atoms with E-state index in [1.807, 2.05) is 19.9 Å². The Morgan fingerprint density at radius 2 is 1.98 bits per heavy atom. The minimum atomic E-state index is -0.715. The Bertz CT molecular complexity index is 1480. The second kappa shape index (κ2) is 14.3. The monoisotopic (exact) mass is 655 g/mol. The van der Waals surface area contributed by atoms with E-state index in [2.05, 4.69) is 26.9 Å². The van der Waals surface area contributed by atoms with Crippen LogP contribution in [0.15, 0.2) is 30.4 Å². The number of nitrogens with one attached hydrogen (secondary N) is 3. The number of hydrogen-bond acceptors (Lipinski definition) is 7. The number of allylic oxidation sites excluding steroid dienone is 1. The van der Waals surface area contributed by atoms with Crippen molar-refractivity contribution < 1.29 is 23.9 Å². The normalized spacial score (nSPS) is 21.2. The molecule has 2 aliphatic heterocycles. The Hall–Kier alpha value is -3.41. The van der Waals surface area contributed by atoms with Crippen LogP contribution in [-0.4, -0.2) is 67.4 Å². The van der Waals surface area contributed by atoms with Crippen LogP contribution >= 0.6 is 22.9 Å². The fraction of sp³-hybridized carbons (Fsp3) is 0.515. The van der Waals surface area contributed by atoms with Crippen molar-refractivity contribution in [2.45, 2.75) is 64.8 Å². The van der Waals surface area contributed by atoms with Gasteiger partial charge in [-0.2, -0.15) is 0 Å². The molecule has 1 aliphatic carbocycles. The first kappa shape index (κ1) is 33.0. The molecule has 0 saturated carbocycles. The molecule has 242 valence electrons. The van der Waals surface area contributed by atoms with Crippen LogP contribution in [-0.2, 0) is 22.4 Å². The van der Waals surface area contributed by atoms with Crippen molar-refractivity contribution in [1.29, 1.82) is 0 Å². The van der Waals surface area contributed by atoms with Gasteiger partial charge in [0.1, 0.15) is 23.4 Å². The number of primary amides is 1. The van der Waals surface area contributed by atoms with Crippen molar-refractivity contribution in [3.8, 4) is 5.75 Å². The van der Waals surface area contributed by atoms with Crippen LogP contribution in [0.5, 0.6) is 5.75 Å². The zero-order chi connectivity index (χ0) is 32.1. The summed E-state index contributed by atoms with van der Waals surface area (Å²) < 4.78 is 5.94. The number of nitrogens with two attached hydrogens (primary N) is 1. The van der Waals surface area contributed by atoms with E-state index in [-0.39, 0.29) is 41.9 Å². The Morgan fingerprint density at radius 3 is 2.71 bits per heavy atom. The lowest BCUT2D eigenvalue weighted by Gasteiger charge is -2.41. The predicted molar refractivity (Wildman–Crippen MR) is 176 cm³/mol. The number of rotatable bonds is 6. The van der Waals surface area contributed by atoms with E-state index >= 15 is 0 Å². The first-order valence-corrected chi connectivity index (χ1v) is 16.9. The summed E-state index contributed by atoms with van der Waals surface area (Å²) in [6.45, 7) is 6.32. The van der Waals surface area contributed by atoms with Gasteiger partial charge in [0.05, 0.1) is 17.7 Å². The molecule has 0 radical (unpaired) electrons. The molecule has 4 amide bonds. The van der Waals surface area contributed by atoms with E-state index in [4.69, 9.17) is 22.1 Å². The first-order chi connectivity index (χ1) is 21.5. The summed E-state index contributed by atoms with van der Waals surface area (Å²) in [5.41, 5.74) is 7.19. The van der Waals surface area contributed by atoms with Crippen molar-refractivity contribution in [2.75, 3.05) is 38.1 Å². The number of fused-ring (bicyclic) bond motifs is 2. The number of ether oxygens (including phenoxy) is 1. The zero-order valence-corrected chi connectivity index (χ0v) is 27.5. The lowest BCUT2D eigenvalue weighted by molar-refractivity contribution is -0.124. The minimum Gasteiger partial charge on any atom is -0.489 e. The highest BCUT2D eigenvalue weighted by atomic mass is 35.5. The number of carbonyl (C=O) groups is 4. The second-order valence-corrected chi connectivity index (χ2v) is 14.3. The summed E-state index contributed by atoms with van der Waals surface area (Å²) in [6.07, 6.45) is 9.49. The number of hydrogen-bond donors (Lipinski definition) is 4. The highest BCUT2D eigenvalue weighted by Gasteiger charge is 2.36. The largest absolute Gasteiger partial charge is 0.489 e. The molecule has 1 fully saturated rings. The molecule has 0 bridgehead atoms. The molecule has 3 heterocycles. The van der Waals surface area contributed by atoms with Crippen molar-refractivity contribution >= 4 is 51.6 Å². The topological polar surface area (TPSA) is 143 Å². The average Bonchev–Trinajstić information content (AvgIpc) is 3.57. The number of likely N-dealkylation sites (tertiary alicyclic amines) is 1. The first-order valence-electron chi connectivity index (χ1n) is 15.7. The number of aryl methyl sites for hydroxylation is 1. The van der Waals surface area contributed by atoms with Gasteiger partial charge in [-0.15, -0.1) is 11.3 Å². The fourth-order valence-electron chi connectivity index (χ4n) is 6.44. The Kier molecular flexibility index (Phi) is 10.5. The summed E-state index contributed by atoms with van der Waals surface area (Å²) in [4.78, 5) is 55.2. The van der Waals surface area contributed by atoms with E-state index in [0.717, 1.165) is 49.0 Å². The zero-order valence-electron chi connectivity index (χ0n) is 25.9. The predicted octanol–water partition coefficient (Wildman–Crippen LogP) is 4.31. The molecule has 3 aliphatic rings. The summed E-state index contributed by atoms with van der Waals surface area (Å²) in [5, 5.41) is 9.97. The second-order valence-electron chi connectivity index (χ2n) is 12.8. The van der Waals surface area contributed by atoms with Crippen LogP contribution in [0.3, 0.4) is 0 Å². The lowest BCUT2D eigenvalue weighted by atomic mass is 9.75. The van der Waals surface area contributed by atoms with Crippen LogP contribution in [0, 0.1) is 11.3 Å². The smallest absolute Gasteiger partial charge is 0.255 e. The number of amides is 4. The third kappa shape index (κ3) is 8.06. The number of thiophene rings is 1. The fourth-order valence-corrected chi connectivity index (χ4v) is 7.93. The highest BCUT2D eigenvalue weighted by molar-refractivity contribution is 7.17. The van der Waals surface area contributed by atoms with Crippen molar-refractivity contribution in [1.82, 2.24) is 15.5 Å². The van der Waals surface area contributed by atoms with Crippen LogP contribution < -0.4 is 26.4 Å². The molecule has 5 rings (SSSR count). The standard InChI is InChI=1S/C33H42ClN5O5S/c1-20(2)16-24-31(43)36-19-33(10-3-4-15-44-25-9-8-21(34)17-23(25)30(42)37-24)11-13-39(14-12-33)18-27(40)38-32-28(29(35)41)22-6-5-7-26(22)45-32/h3-4,8-9,17,20,24H,5-7,10-16,18-19H2,1-2H3,(H2,35,41)(H,36,43)(H,37,42)(H,38,40)/b4-3+/t24-/m0/s1. The van der Waals surface area contributed by atoms with Crippen LogP contribution in [0.1, 0.15) is 77.1 Å². The van der Waals surface area contributed by atoms with Gasteiger partial charge in [-0.25, -0.2) is 0 Å². The number of halogens is 1. The molecule has 2 aromatic rings. The van der Waals surface area contributed by atoms with E-state index in [1.165, 1.54) is 11.3 Å². The van der Waals surface area contributed by atoms with Crippen molar-refractivity contribution in [2.24, 2.45) is 17.1 Å². The third-order valence-corrected chi connectivity index (χ3v) is 10.4. The molecule has 5 N–H and O–H groups in total. The van der Waals surface area contributed by atoms with E-state index < -0.39 is 17.9 Å². The number of nitrogens with zero attached hydrogens (tertiary/aromatic N) is 1. The number of benzene rings is 1. The molecule has 1 saturated heterocycles. The molecular weight excluding hydrogens is 614 g/mol. The van der Waals surface area contributed by atoms with Gasteiger partial charge in [-0.3, -0.25) is 24.1 Å². The quantitative estimate of drug-likeness (QED) is 0.342. The average molecular weight is 656 g/mol. The summed E-state index contributed by atoms with van der Waals surface area (Å²) in [5.74, 6) is -0.724. The molecule has 1 aromatic heterocycles. The molecule has 1 spiro atoms. The van der Waals surface area contributed by atoms with Gasteiger partial charge in [0.2, 0.25) is 11.8 Å². The summed E-state index contributed by atoms with van der Waals surface area (Å²) >= 11 is 7.64. The SMILES string of the molecule is CC(C)C[C@@H]1NC(=O)c2cc(Cl)ccc2OC/C=C/CC2(CCN(CC(=O)Nc3sc4c(c3C(N)=O)CCC4)CC2)CNC1=O. The van der Waals surface area contributed by atoms with Crippen molar-refractivity contribution in [3.05, 3.63) is 56.9 Å². The molecule has 12 heteroatoms. The minimum absolute atomic E-state index is 0.168. The van der Waals surface area contributed by atoms with Crippen LogP contribution in [0.2, 0.25) is 5.02 Å². The number of anilines is 1. The number of piperidine rings is 1. The maximum atomic E-state index is 13.5. The van der Waals surface area contributed by atoms with Crippen LogP contribution in [0.4, 0.5) is 5.00 Å². The van der Waals surface area contributed by atoms with Crippen LogP contribution in [0.25, 0.3) is 0 Å². The van der Waals surface area contributed by atoms with Gasteiger partial charge in [0, 0.05) is 16.4 Å². The van der Waals surface area contributed by atoms with Gasteiger partial charge in [0.25, 0.3) is 11.8 Å². The molecule has 10 nitrogen and oxygen atoms in total. The van der Waals surface area contributed by atoms with Gasteiger partial charge >= 0.3 is 0 Å². The highest BCUT2D eigenvalue weighted by Crippen LogP contribution is 2.39. The Labute approximate surface area is 273 Å². The summed E-state index contributed by atoms with van der Waals surface area (Å²) in [6, 6.07) is 4.18. The molecule has 1 atom stereocenters. The Morgan fingerprint density at radius 1 is 1.20 bits per heavy atom. The molecule has 1 aromatic carbocycles. The lowest BCUT2D eigenvalue weighted by Crippen LogP contribution is -2.52. The van der Waals surface area contributed by atoms with E-state index in [0.29, 0.717) is 47.4 Å². The number of carbonyl (C=O) groups excluding carboxylic acids is 4. The Balaban J connectivity index is 1.25. The van der Waals surface area contributed by atoms with Gasteiger partial charge in [0.15, 0.2) is 0 Å². The molecule has 45 heavy (non-hydrogen) atoms. The van der Waals surface area contributed by atoms with E-state index in [9.17, 15) is 19.2 Å².